The number of carbonyl (C=O) groups is 1. The molecule has 8 nitrogen and oxygen atoms in total. The highest BCUT2D eigenvalue weighted by Gasteiger charge is 2.11. The lowest BCUT2D eigenvalue weighted by Gasteiger charge is -2.11. The van der Waals surface area contributed by atoms with Crippen LogP contribution in [0.1, 0.15) is 0 Å². The molecule has 0 atom stereocenters. The quantitative estimate of drug-likeness (QED) is 0.257. The predicted molar refractivity (Wildman–Crippen MR) is 39.2 cm³/mol. The number of nitrogens with zero attached hydrogens (tertiary/aromatic N) is 4. The molecule has 1 aromatic heterocycles. The summed E-state index contributed by atoms with van der Waals surface area (Å²) in [5, 5.41) is 0.668. The van der Waals surface area contributed by atoms with E-state index in [1.54, 1.807) is 0 Å². The van der Waals surface area contributed by atoms with Crippen molar-refractivity contribution in [2.45, 2.75) is 0 Å². The minimum absolute atomic E-state index is 0.0213. The molecule has 8 heteroatoms. The first-order chi connectivity index (χ1) is 5.75. The van der Waals surface area contributed by atoms with E-state index in [0.717, 1.165) is 0 Å². The normalized spacial score (nSPS) is 9.17. The van der Waals surface area contributed by atoms with Crippen molar-refractivity contribution in [3.63, 3.8) is 0 Å². The van der Waals surface area contributed by atoms with Crippen LogP contribution in [-0.4, -0.2) is 21.0 Å². The van der Waals surface area contributed by atoms with E-state index in [2.05, 4.69) is 15.0 Å². The van der Waals surface area contributed by atoms with Gasteiger partial charge in [0, 0.05) is 0 Å². The molecule has 0 saturated heterocycles. The Morgan fingerprint density at radius 1 is 1.50 bits per heavy atom. The zero-order chi connectivity index (χ0) is 8.97. The average Bonchev–Trinajstić information content (AvgIpc) is 2.17. The van der Waals surface area contributed by atoms with E-state index in [1.165, 1.54) is 12.7 Å². The summed E-state index contributed by atoms with van der Waals surface area (Å²) >= 11 is 0. The van der Waals surface area contributed by atoms with Gasteiger partial charge in [0.1, 0.15) is 12.7 Å². The summed E-state index contributed by atoms with van der Waals surface area (Å²) in [7, 11) is 0. The van der Waals surface area contributed by atoms with E-state index < -0.39 is 6.03 Å². The first kappa shape index (κ1) is 8.30. The van der Waals surface area contributed by atoms with Crippen molar-refractivity contribution in [2.24, 2.45) is 11.7 Å². The van der Waals surface area contributed by atoms with E-state index in [4.69, 9.17) is 11.7 Å². The fraction of sp³-hybridized carbons (Fsp3) is 0. The van der Waals surface area contributed by atoms with Crippen molar-refractivity contribution in [1.82, 2.24) is 20.4 Å². The molecule has 0 aromatic carbocycles. The van der Waals surface area contributed by atoms with Gasteiger partial charge in [0.2, 0.25) is 0 Å². The molecule has 0 unspecified atom stereocenters. The predicted octanol–water partition coefficient (Wildman–Crippen LogP) is -1.86. The first-order valence-electron chi connectivity index (χ1n) is 2.93. The molecule has 0 aliphatic rings. The van der Waals surface area contributed by atoms with Crippen LogP contribution in [0, 0.1) is 0 Å². The zero-order valence-corrected chi connectivity index (χ0v) is 6.01. The second-order valence-electron chi connectivity index (χ2n) is 1.76. The maximum atomic E-state index is 10.8. The molecule has 0 fully saturated rings. The largest absolute Gasteiger partial charge is 0.353 e. The Bertz CT molecular complexity index is 261. The number of nitrogens with two attached hydrogens (primary N) is 2. The minimum atomic E-state index is -0.707. The third-order valence-corrected chi connectivity index (χ3v) is 1.04. The van der Waals surface area contributed by atoms with Gasteiger partial charge in [0.15, 0.2) is 0 Å². The summed E-state index contributed by atoms with van der Waals surface area (Å²) in [4.78, 5) is 21.5. The number of aromatic nitrogens is 3. The molecular formula is C4H7N7O. The van der Waals surface area contributed by atoms with Gasteiger partial charge in [-0.15, -0.1) is 0 Å². The Labute approximate surface area is 67.5 Å². The summed E-state index contributed by atoms with van der Waals surface area (Å²) < 4.78 is 0. The smallest absolute Gasteiger partial charge is 0.274 e. The number of amides is 2. The van der Waals surface area contributed by atoms with Crippen molar-refractivity contribution in [3.05, 3.63) is 12.7 Å². The summed E-state index contributed by atoms with van der Waals surface area (Å²) in [5.74, 6) is 10.1. The molecule has 2 amide bonds. The van der Waals surface area contributed by atoms with Gasteiger partial charge in [0.25, 0.3) is 5.95 Å². The number of hydrogen-bond donors (Lipinski definition) is 3. The lowest BCUT2D eigenvalue weighted by molar-refractivity contribution is 0.246. The van der Waals surface area contributed by atoms with Crippen LogP contribution in [0.25, 0.3) is 0 Å². The van der Waals surface area contributed by atoms with Crippen LogP contribution < -0.4 is 22.1 Å². The van der Waals surface area contributed by atoms with Gasteiger partial charge in [-0.05, 0) is 0 Å². The Morgan fingerprint density at radius 3 is 2.58 bits per heavy atom. The summed E-state index contributed by atoms with van der Waals surface area (Å²) in [6.07, 6.45) is 2.43. The monoisotopic (exact) mass is 169 g/mol. The number of nitrogens with one attached hydrogen (secondary N) is 1. The van der Waals surface area contributed by atoms with Crippen molar-refractivity contribution in [1.29, 1.82) is 0 Å². The number of hydrogen-bond acceptors (Lipinski definition) is 6. The van der Waals surface area contributed by atoms with Gasteiger partial charge >= 0.3 is 6.03 Å². The molecule has 5 N–H and O–H groups in total. The molecule has 0 aliphatic heterocycles. The van der Waals surface area contributed by atoms with Gasteiger partial charge in [-0.1, -0.05) is 0 Å². The molecule has 1 aromatic rings. The highest BCUT2D eigenvalue weighted by molar-refractivity contribution is 5.88. The maximum absolute atomic E-state index is 10.8. The summed E-state index contributed by atoms with van der Waals surface area (Å²) in [6.45, 7) is 0. The Balaban J connectivity index is 2.78. The van der Waals surface area contributed by atoms with Crippen molar-refractivity contribution in [2.75, 3.05) is 5.01 Å². The number of carbonyl (C=O) groups excluding carboxylic acids is 1. The standard InChI is InChI=1S/C4H7N7O/c5-10-4(12)11(6)3-8-1-7-2-9-3/h1-2H,5-6H2,(H,10,12). The van der Waals surface area contributed by atoms with Crippen LogP contribution in [-0.2, 0) is 0 Å². The van der Waals surface area contributed by atoms with Crippen molar-refractivity contribution >= 4 is 12.0 Å². The van der Waals surface area contributed by atoms with Crippen LogP contribution >= 0.6 is 0 Å². The van der Waals surface area contributed by atoms with Gasteiger partial charge in [-0.3, -0.25) is 5.43 Å². The van der Waals surface area contributed by atoms with Crippen LogP contribution in [0.4, 0.5) is 10.7 Å². The lowest BCUT2D eigenvalue weighted by Crippen LogP contribution is -2.48. The Hall–Kier alpha value is -1.80. The molecule has 1 heterocycles. The lowest BCUT2D eigenvalue weighted by atomic mass is 10.8. The van der Waals surface area contributed by atoms with Gasteiger partial charge in [0.05, 0.1) is 0 Å². The molecular weight excluding hydrogens is 162 g/mol. The van der Waals surface area contributed by atoms with Gasteiger partial charge < -0.3 is 0 Å². The third kappa shape index (κ3) is 1.62. The van der Waals surface area contributed by atoms with E-state index in [1.807, 2.05) is 5.43 Å². The minimum Gasteiger partial charge on any atom is -0.274 e. The molecule has 0 spiro atoms. The van der Waals surface area contributed by atoms with E-state index in [0.29, 0.717) is 5.01 Å². The molecule has 0 bridgehead atoms. The molecule has 0 aliphatic carbocycles. The topological polar surface area (TPSA) is 123 Å². The SMILES string of the molecule is NNC(=O)N(N)c1ncncn1. The Kier molecular flexibility index (Phi) is 2.46. The molecule has 1 rings (SSSR count). The molecule has 12 heavy (non-hydrogen) atoms. The van der Waals surface area contributed by atoms with Gasteiger partial charge in [-0.2, -0.15) is 15.0 Å². The number of anilines is 1. The number of hydrazine groups is 2. The van der Waals surface area contributed by atoms with Gasteiger partial charge in [-0.25, -0.2) is 21.5 Å². The van der Waals surface area contributed by atoms with Crippen molar-refractivity contribution < 1.29 is 4.79 Å². The number of rotatable bonds is 1. The number of urea groups is 1. The van der Waals surface area contributed by atoms with Crippen LogP contribution in [0.3, 0.4) is 0 Å². The van der Waals surface area contributed by atoms with Crippen molar-refractivity contribution in [3.8, 4) is 0 Å². The fourth-order valence-electron chi connectivity index (χ4n) is 0.518. The second-order valence-corrected chi connectivity index (χ2v) is 1.76. The maximum Gasteiger partial charge on any atom is 0.353 e. The molecule has 64 valence electrons. The van der Waals surface area contributed by atoms with E-state index in [9.17, 15) is 4.79 Å². The van der Waals surface area contributed by atoms with E-state index in [-0.39, 0.29) is 5.95 Å². The highest BCUT2D eigenvalue weighted by Crippen LogP contribution is 1.96. The third-order valence-electron chi connectivity index (χ3n) is 1.04. The molecule has 0 radical (unpaired) electrons. The highest BCUT2D eigenvalue weighted by atomic mass is 16.2. The van der Waals surface area contributed by atoms with Crippen LogP contribution in [0.5, 0.6) is 0 Å². The second kappa shape index (κ2) is 3.55. The fourth-order valence-corrected chi connectivity index (χ4v) is 0.518. The average molecular weight is 169 g/mol. The van der Waals surface area contributed by atoms with E-state index >= 15 is 0 Å². The first-order valence-corrected chi connectivity index (χ1v) is 2.93. The zero-order valence-electron chi connectivity index (χ0n) is 6.01. The Morgan fingerprint density at radius 2 is 2.08 bits per heavy atom. The molecule has 0 saturated carbocycles. The summed E-state index contributed by atoms with van der Waals surface area (Å²) in [5.41, 5.74) is 1.82. The van der Waals surface area contributed by atoms with Crippen LogP contribution in [0.15, 0.2) is 12.7 Å². The van der Waals surface area contributed by atoms with Crippen LogP contribution in [0.2, 0.25) is 0 Å². The summed E-state index contributed by atoms with van der Waals surface area (Å²) in [6, 6.07) is -0.707.